The molecule has 2 aromatic carbocycles. The van der Waals surface area contributed by atoms with Crippen LogP contribution in [0.4, 0.5) is 0 Å². The Morgan fingerprint density at radius 3 is 2.27 bits per heavy atom. The third-order valence-corrected chi connectivity index (χ3v) is 5.38. The second-order valence-electron chi connectivity index (χ2n) is 7.89. The van der Waals surface area contributed by atoms with Crippen LogP contribution in [0.5, 0.6) is 0 Å². The molecule has 3 N–H and O–H groups in total. The van der Waals surface area contributed by atoms with E-state index >= 15 is 0 Å². The highest BCUT2D eigenvalue weighted by Gasteiger charge is 2.36. The normalized spacial score (nSPS) is 16.4. The first kappa shape index (κ1) is 21.6. The molecule has 0 aliphatic carbocycles. The van der Waals surface area contributed by atoms with Gasteiger partial charge in [-0.15, -0.1) is 0 Å². The van der Waals surface area contributed by atoms with Crippen molar-refractivity contribution >= 4 is 11.9 Å². The molecule has 1 atom stereocenters. The zero-order valence-electron chi connectivity index (χ0n) is 17.6. The van der Waals surface area contributed by atoms with Crippen LogP contribution in [-0.4, -0.2) is 39.7 Å². The summed E-state index contributed by atoms with van der Waals surface area (Å²) in [4.78, 5) is 23.5. The van der Waals surface area contributed by atoms with E-state index in [1.807, 2.05) is 49.2 Å². The minimum atomic E-state index is -0.960. The van der Waals surface area contributed by atoms with Gasteiger partial charge in [0.15, 0.2) is 0 Å². The lowest BCUT2D eigenvalue weighted by atomic mass is 9.93. The zero-order chi connectivity index (χ0) is 21.8. The fourth-order valence-electron chi connectivity index (χ4n) is 3.90. The summed E-state index contributed by atoms with van der Waals surface area (Å²) < 4.78 is 0. The lowest BCUT2D eigenvalue weighted by molar-refractivity contribution is -0.133. The van der Waals surface area contributed by atoms with Crippen LogP contribution in [0.2, 0.25) is 0 Å². The molecule has 0 spiro atoms. The lowest BCUT2D eigenvalue weighted by Crippen LogP contribution is -2.41. The average molecular weight is 408 g/mol. The summed E-state index contributed by atoms with van der Waals surface area (Å²) in [5.74, 6) is -1.69. The first-order chi connectivity index (χ1) is 14.3. The van der Waals surface area contributed by atoms with Crippen molar-refractivity contribution in [1.82, 2.24) is 10.4 Å². The predicted octanol–water partition coefficient (Wildman–Crippen LogP) is 4.19. The number of hydrogen-bond donors (Lipinski definition) is 3. The Morgan fingerprint density at radius 2 is 1.70 bits per heavy atom. The molecule has 1 unspecified atom stereocenters. The van der Waals surface area contributed by atoms with E-state index in [1.54, 1.807) is 18.2 Å². The smallest absolute Gasteiger partial charge is 0.336 e. The Hall–Kier alpha value is -3.12. The molecule has 0 saturated heterocycles. The second kappa shape index (κ2) is 9.13. The van der Waals surface area contributed by atoms with Crippen LogP contribution in [0.1, 0.15) is 43.1 Å². The Balaban J connectivity index is 1.93. The molecule has 30 heavy (non-hydrogen) atoms. The van der Waals surface area contributed by atoms with E-state index in [0.717, 1.165) is 29.8 Å². The fourth-order valence-corrected chi connectivity index (χ4v) is 3.90. The van der Waals surface area contributed by atoms with Gasteiger partial charge in [-0.25, -0.2) is 15.0 Å². The standard InChI is InChI=1S/C24H28N2O4/c1-4-13-26-20(21(24(29)30)22(25-26)15(2)3)14-16-9-11-17(12-10-16)18-7-5-6-8-19(18)23(27)28/h5-12,15,22,25H,4,13-14H2,1-3H3,(H,27,28)(H,29,30). The highest BCUT2D eigenvalue weighted by molar-refractivity contribution is 5.96. The highest BCUT2D eigenvalue weighted by atomic mass is 16.4. The molecule has 1 aliphatic heterocycles. The summed E-state index contributed by atoms with van der Waals surface area (Å²) in [6, 6.07) is 14.4. The number of rotatable bonds is 8. The van der Waals surface area contributed by atoms with Gasteiger partial charge in [0.1, 0.15) is 0 Å². The van der Waals surface area contributed by atoms with Gasteiger partial charge in [0, 0.05) is 18.7 Å². The number of carboxylic acids is 2. The number of aromatic carboxylic acids is 1. The van der Waals surface area contributed by atoms with Crippen LogP contribution >= 0.6 is 0 Å². The molecule has 0 amide bonds. The zero-order valence-corrected chi connectivity index (χ0v) is 17.6. The molecule has 1 heterocycles. The number of carbonyl (C=O) groups is 2. The van der Waals surface area contributed by atoms with Crippen molar-refractivity contribution in [3.8, 4) is 11.1 Å². The maximum absolute atomic E-state index is 12.0. The molecule has 0 bridgehead atoms. The van der Waals surface area contributed by atoms with Gasteiger partial charge in [-0.05, 0) is 35.1 Å². The van der Waals surface area contributed by atoms with E-state index in [0.29, 0.717) is 17.6 Å². The van der Waals surface area contributed by atoms with E-state index in [4.69, 9.17) is 0 Å². The minimum Gasteiger partial charge on any atom is -0.478 e. The summed E-state index contributed by atoms with van der Waals surface area (Å²) in [7, 11) is 0. The maximum atomic E-state index is 12.0. The monoisotopic (exact) mass is 408 g/mol. The SMILES string of the molecule is CCCN1NC(C(C)C)C(C(=O)O)=C1Cc1ccc(-c2ccccc2C(=O)O)cc1. The lowest BCUT2D eigenvalue weighted by Gasteiger charge is -2.24. The Kier molecular flexibility index (Phi) is 6.57. The predicted molar refractivity (Wildman–Crippen MR) is 116 cm³/mol. The molecule has 0 radical (unpaired) electrons. The van der Waals surface area contributed by atoms with Gasteiger partial charge in [0.25, 0.3) is 0 Å². The third kappa shape index (κ3) is 4.39. The van der Waals surface area contributed by atoms with E-state index in [2.05, 4.69) is 12.3 Å². The number of allylic oxidation sites excluding steroid dienone is 1. The number of hydrazine groups is 1. The largest absolute Gasteiger partial charge is 0.478 e. The maximum Gasteiger partial charge on any atom is 0.336 e. The van der Waals surface area contributed by atoms with Crippen LogP contribution in [0.3, 0.4) is 0 Å². The van der Waals surface area contributed by atoms with E-state index in [-0.39, 0.29) is 17.5 Å². The molecule has 158 valence electrons. The fraction of sp³-hybridized carbons (Fsp3) is 0.333. The summed E-state index contributed by atoms with van der Waals surface area (Å²) in [6.45, 7) is 6.83. The van der Waals surface area contributed by atoms with Crippen molar-refractivity contribution in [3.05, 3.63) is 70.9 Å². The number of benzene rings is 2. The van der Waals surface area contributed by atoms with E-state index in [9.17, 15) is 19.8 Å². The van der Waals surface area contributed by atoms with Gasteiger partial charge >= 0.3 is 11.9 Å². The molecule has 1 aliphatic rings. The molecular formula is C24H28N2O4. The quantitative estimate of drug-likeness (QED) is 0.607. The molecule has 0 fully saturated rings. The molecule has 6 nitrogen and oxygen atoms in total. The topological polar surface area (TPSA) is 89.9 Å². The molecule has 0 saturated carbocycles. The number of nitrogens with one attached hydrogen (secondary N) is 1. The first-order valence-corrected chi connectivity index (χ1v) is 10.2. The summed E-state index contributed by atoms with van der Waals surface area (Å²) in [6.07, 6.45) is 1.40. The van der Waals surface area contributed by atoms with Crippen molar-refractivity contribution in [2.45, 2.75) is 39.7 Å². The Morgan fingerprint density at radius 1 is 1.03 bits per heavy atom. The second-order valence-corrected chi connectivity index (χ2v) is 7.89. The number of aliphatic carboxylic acids is 1. The van der Waals surface area contributed by atoms with Crippen molar-refractivity contribution in [2.24, 2.45) is 5.92 Å². The van der Waals surface area contributed by atoms with Gasteiger partial charge in [0.05, 0.1) is 17.2 Å². The van der Waals surface area contributed by atoms with Gasteiger partial charge in [0.2, 0.25) is 0 Å². The van der Waals surface area contributed by atoms with Crippen molar-refractivity contribution in [1.29, 1.82) is 0 Å². The third-order valence-electron chi connectivity index (χ3n) is 5.38. The highest BCUT2D eigenvalue weighted by Crippen LogP contribution is 2.30. The number of carboxylic acid groups (broad SMARTS) is 2. The number of hydrogen-bond acceptors (Lipinski definition) is 4. The van der Waals surface area contributed by atoms with Crippen molar-refractivity contribution in [2.75, 3.05) is 6.54 Å². The van der Waals surface area contributed by atoms with Gasteiger partial charge in [-0.3, -0.25) is 0 Å². The molecule has 0 aromatic heterocycles. The first-order valence-electron chi connectivity index (χ1n) is 10.2. The summed E-state index contributed by atoms with van der Waals surface area (Å²) in [5.41, 5.74) is 7.31. The average Bonchev–Trinajstić information content (AvgIpc) is 3.07. The van der Waals surface area contributed by atoms with Crippen LogP contribution in [0.15, 0.2) is 59.8 Å². The van der Waals surface area contributed by atoms with Gasteiger partial charge < -0.3 is 15.2 Å². The van der Waals surface area contributed by atoms with Crippen LogP contribution in [0, 0.1) is 5.92 Å². The summed E-state index contributed by atoms with van der Waals surface area (Å²) >= 11 is 0. The molecular weight excluding hydrogens is 380 g/mol. The molecule has 6 heteroatoms. The Labute approximate surface area is 176 Å². The summed E-state index contributed by atoms with van der Waals surface area (Å²) in [5, 5.41) is 21.3. The minimum absolute atomic E-state index is 0.155. The van der Waals surface area contributed by atoms with E-state index in [1.165, 1.54) is 0 Å². The van der Waals surface area contributed by atoms with Crippen molar-refractivity contribution in [3.63, 3.8) is 0 Å². The van der Waals surface area contributed by atoms with Crippen LogP contribution in [-0.2, 0) is 11.2 Å². The van der Waals surface area contributed by atoms with Gasteiger partial charge in [-0.2, -0.15) is 0 Å². The molecule has 2 aromatic rings. The van der Waals surface area contributed by atoms with Crippen LogP contribution < -0.4 is 5.43 Å². The Bertz CT molecular complexity index is 963. The van der Waals surface area contributed by atoms with E-state index < -0.39 is 11.9 Å². The molecule has 3 rings (SSSR count). The number of nitrogens with zero attached hydrogens (tertiary/aromatic N) is 1. The van der Waals surface area contributed by atoms with Crippen molar-refractivity contribution < 1.29 is 19.8 Å². The van der Waals surface area contributed by atoms with Gasteiger partial charge in [-0.1, -0.05) is 63.2 Å². The van der Waals surface area contributed by atoms with Crippen LogP contribution in [0.25, 0.3) is 11.1 Å².